The Labute approximate surface area is 126 Å². The molecule has 6 nitrogen and oxygen atoms in total. The van der Waals surface area contributed by atoms with Crippen molar-refractivity contribution in [2.75, 3.05) is 31.6 Å². The molecule has 2 N–H and O–H groups in total. The quantitative estimate of drug-likeness (QED) is 0.799. The maximum atomic E-state index is 12.4. The SMILES string of the molecule is CCCNc1cccnc1S(=O)(=O)NCC1CCOCC1. The molecule has 0 aromatic carbocycles. The number of rotatable bonds is 7. The normalized spacial score (nSPS) is 16.8. The minimum absolute atomic E-state index is 0.0745. The maximum absolute atomic E-state index is 12.4. The Balaban J connectivity index is 2.04. The van der Waals surface area contributed by atoms with Gasteiger partial charge in [-0.2, -0.15) is 0 Å². The van der Waals surface area contributed by atoms with Crippen molar-refractivity contribution in [2.45, 2.75) is 31.2 Å². The molecule has 21 heavy (non-hydrogen) atoms. The van der Waals surface area contributed by atoms with Crippen LogP contribution in [0.3, 0.4) is 0 Å². The number of hydrogen-bond donors (Lipinski definition) is 2. The van der Waals surface area contributed by atoms with Gasteiger partial charge in [-0.15, -0.1) is 0 Å². The van der Waals surface area contributed by atoms with Crippen LogP contribution in [0.25, 0.3) is 0 Å². The molecule has 1 fully saturated rings. The lowest BCUT2D eigenvalue weighted by atomic mass is 10.0. The van der Waals surface area contributed by atoms with Crippen LogP contribution in [0.5, 0.6) is 0 Å². The smallest absolute Gasteiger partial charge is 0.260 e. The van der Waals surface area contributed by atoms with E-state index in [-0.39, 0.29) is 5.03 Å². The molecule has 1 aromatic heterocycles. The summed E-state index contributed by atoms with van der Waals surface area (Å²) in [5, 5.41) is 3.18. The first-order valence-electron chi connectivity index (χ1n) is 7.40. The molecule has 118 valence electrons. The average Bonchev–Trinajstić information content (AvgIpc) is 2.52. The third-order valence-corrected chi connectivity index (χ3v) is 4.88. The number of sulfonamides is 1. The highest BCUT2D eigenvalue weighted by Crippen LogP contribution is 2.19. The number of aromatic nitrogens is 1. The van der Waals surface area contributed by atoms with Gasteiger partial charge in [0.15, 0.2) is 5.03 Å². The molecule has 0 atom stereocenters. The highest BCUT2D eigenvalue weighted by Gasteiger charge is 2.22. The van der Waals surface area contributed by atoms with Gasteiger partial charge in [0, 0.05) is 32.5 Å². The molecule has 0 radical (unpaired) electrons. The van der Waals surface area contributed by atoms with Crippen molar-refractivity contribution in [3.05, 3.63) is 18.3 Å². The van der Waals surface area contributed by atoms with E-state index in [1.807, 2.05) is 6.92 Å². The molecule has 0 aliphatic carbocycles. The Bertz CT molecular complexity index is 542. The lowest BCUT2D eigenvalue weighted by Crippen LogP contribution is -2.33. The zero-order chi connectivity index (χ0) is 15.1. The predicted molar refractivity (Wildman–Crippen MR) is 81.7 cm³/mol. The number of hydrogen-bond acceptors (Lipinski definition) is 5. The molecule has 0 unspecified atom stereocenters. The molecule has 2 heterocycles. The summed E-state index contributed by atoms with van der Waals surface area (Å²) in [6, 6.07) is 3.47. The van der Waals surface area contributed by atoms with Crippen molar-refractivity contribution >= 4 is 15.7 Å². The van der Waals surface area contributed by atoms with Gasteiger partial charge in [0.05, 0.1) is 5.69 Å². The van der Waals surface area contributed by atoms with Crippen LogP contribution in [0.15, 0.2) is 23.4 Å². The number of nitrogens with one attached hydrogen (secondary N) is 2. The van der Waals surface area contributed by atoms with Crippen LogP contribution < -0.4 is 10.0 Å². The third kappa shape index (κ3) is 4.66. The number of ether oxygens (including phenoxy) is 1. The second-order valence-corrected chi connectivity index (χ2v) is 6.87. The minimum Gasteiger partial charge on any atom is -0.383 e. The van der Waals surface area contributed by atoms with Crippen LogP contribution in [-0.4, -0.2) is 39.7 Å². The number of nitrogens with zero attached hydrogens (tertiary/aromatic N) is 1. The Morgan fingerprint density at radius 1 is 1.38 bits per heavy atom. The van der Waals surface area contributed by atoms with Gasteiger partial charge >= 0.3 is 0 Å². The predicted octanol–water partition coefficient (Wildman–Crippen LogP) is 1.61. The summed E-state index contributed by atoms with van der Waals surface area (Å²) in [4.78, 5) is 4.03. The molecule has 0 spiro atoms. The molecule has 2 rings (SSSR count). The van der Waals surface area contributed by atoms with Crippen molar-refractivity contribution in [3.63, 3.8) is 0 Å². The molecule has 7 heteroatoms. The molecule has 0 bridgehead atoms. The summed E-state index contributed by atoms with van der Waals surface area (Å²) in [7, 11) is -3.59. The molecule has 0 saturated carbocycles. The van der Waals surface area contributed by atoms with E-state index < -0.39 is 10.0 Å². The van der Waals surface area contributed by atoms with Gasteiger partial charge < -0.3 is 10.1 Å². The minimum atomic E-state index is -3.59. The molecule has 1 aliphatic rings. The van der Waals surface area contributed by atoms with E-state index in [4.69, 9.17) is 4.74 Å². The molecular formula is C14H23N3O3S. The zero-order valence-corrected chi connectivity index (χ0v) is 13.2. The van der Waals surface area contributed by atoms with Crippen molar-refractivity contribution in [1.82, 2.24) is 9.71 Å². The lowest BCUT2D eigenvalue weighted by Gasteiger charge is -2.22. The molecule has 0 amide bonds. The van der Waals surface area contributed by atoms with Gasteiger partial charge in [0.25, 0.3) is 10.0 Å². The summed E-state index contributed by atoms with van der Waals surface area (Å²) in [6.45, 7) is 4.60. The maximum Gasteiger partial charge on any atom is 0.260 e. The molecular weight excluding hydrogens is 290 g/mol. The van der Waals surface area contributed by atoms with Gasteiger partial charge in [-0.05, 0) is 37.3 Å². The second kappa shape index (κ2) is 7.72. The lowest BCUT2D eigenvalue weighted by molar-refractivity contribution is 0.0678. The Morgan fingerprint density at radius 3 is 2.86 bits per heavy atom. The summed E-state index contributed by atoms with van der Waals surface area (Å²) in [5.41, 5.74) is 0.554. The molecule has 1 aliphatic heterocycles. The van der Waals surface area contributed by atoms with E-state index >= 15 is 0 Å². The first kappa shape index (κ1) is 16.2. The van der Waals surface area contributed by atoms with E-state index in [9.17, 15) is 8.42 Å². The summed E-state index contributed by atoms with van der Waals surface area (Å²) in [6.07, 6.45) is 4.21. The van der Waals surface area contributed by atoms with Crippen molar-refractivity contribution in [1.29, 1.82) is 0 Å². The van der Waals surface area contributed by atoms with Crippen molar-refractivity contribution in [2.24, 2.45) is 5.92 Å². The fourth-order valence-corrected chi connectivity index (χ4v) is 3.47. The molecule has 1 aromatic rings. The van der Waals surface area contributed by atoms with E-state index in [0.717, 1.165) is 19.3 Å². The zero-order valence-electron chi connectivity index (χ0n) is 12.3. The van der Waals surface area contributed by atoms with Crippen LogP contribution in [0.2, 0.25) is 0 Å². The van der Waals surface area contributed by atoms with Crippen LogP contribution >= 0.6 is 0 Å². The Kier molecular flexibility index (Phi) is 5.96. The highest BCUT2D eigenvalue weighted by atomic mass is 32.2. The first-order chi connectivity index (χ1) is 10.1. The summed E-state index contributed by atoms with van der Waals surface area (Å²) < 4.78 is 32.8. The highest BCUT2D eigenvalue weighted by molar-refractivity contribution is 7.89. The fraction of sp³-hybridized carbons (Fsp3) is 0.643. The number of pyridine rings is 1. The van der Waals surface area contributed by atoms with Gasteiger partial charge in [-0.25, -0.2) is 18.1 Å². The van der Waals surface area contributed by atoms with E-state index in [2.05, 4.69) is 15.0 Å². The van der Waals surface area contributed by atoms with Crippen LogP contribution in [0, 0.1) is 5.92 Å². The first-order valence-corrected chi connectivity index (χ1v) is 8.88. The largest absolute Gasteiger partial charge is 0.383 e. The van der Waals surface area contributed by atoms with Gasteiger partial charge in [-0.3, -0.25) is 0 Å². The number of anilines is 1. The van der Waals surface area contributed by atoms with Crippen molar-refractivity contribution < 1.29 is 13.2 Å². The summed E-state index contributed by atoms with van der Waals surface area (Å²) in [5.74, 6) is 0.337. The standard InChI is InChI=1S/C14H23N3O3S/c1-2-7-15-13-4-3-8-16-14(13)21(18,19)17-11-12-5-9-20-10-6-12/h3-4,8,12,15,17H,2,5-7,9-11H2,1H3. The van der Waals surface area contributed by atoms with Crippen LogP contribution in [0.1, 0.15) is 26.2 Å². The van der Waals surface area contributed by atoms with Crippen molar-refractivity contribution in [3.8, 4) is 0 Å². The van der Waals surface area contributed by atoms with E-state index in [0.29, 0.717) is 37.9 Å². The summed E-state index contributed by atoms with van der Waals surface area (Å²) >= 11 is 0. The molecule has 1 saturated heterocycles. The van der Waals surface area contributed by atoms with E-state index in [1.54, 1.807) is 12.1 Å². The Morgan fingerprint density at radius 2 is 2.14 bits per heavy atom. The van der Waals surface area contributed by atoms with Gasteiger partial charge in [-0.1, -0.05) is 6.92 Å². The fourth-order valence-electron chi connectivity index (χ4n) is 2.25. The average molecular weight is 313 g/mol. The van der Waals surface area contributed by atoms with Crippen LogP contribution in [-0.2, 0) is 14.8 Å². The van der Waals surface area contributed by atoms with Gasteiger partial charge in [0.2, 0.25) is 0 Å². The third-order valence-electron chi connectivity index (χ3n) is 3.49. The van der Waals surface area contributed by atoms with Gasteiger partial charge in [0.1, 0.15) is 0 Å². The monoisotopic (exact) mass is 313 g/mol. The topological polar surface area (TPSA) is 80.3 Å². The Hall–Kier alpha value is -1.18. The van der Waals surface area contributed by atoms with Crippen LogP contribution in [0.4, 0.5) is 5.69 Å². The van der Waals surface area contributed by atoms with E-state index in [1.165, 1.54) is 6.20 Å². The second-order valence-electron chi connectivity index (χ2n) is 5.19.